The summed E-state index contributed by atoms with van der Waals surface area (Å²) in [6, 6.07) is 0. The average Bonchev–Trinajstić information content (AvgIpc) is 1.62. The normalized spacial score (nSPS) is 19.6. The van der Waals surface area contributed by atoms with Crippen LogP contribution in [0.15, 0.2) is 12.3 Å². The highest BCUT2D eigenvalue weighted by molar-refractivity contribution is 5.03. The van der Waals surface area contributed by atoms with Crippen LogP contribution < -0.4 is 10.6 Å². The van der Waals surface area contributed by atoms with Crippen LogP contribution in [0, 0.1) is 5.92 Å². The topological polar surface area (TPSA) is 24.1 Å². The molecular formula is C6H12N2. The minimum atomic E-state index is 0.681. The van der Waals surface area contributed by atoms with Gasteiger partial charge in [-0.3, -0.25) is 0 Å². The predicted octanol–water partition coefficient (Wildman–Crippen LogP) is -0.0611. The highest BCUT2D eigenvalue weighted by Crippen LogP contribution is 2.08. The van der Waals surface area contributed by atoms with Crippen molar-refractivity contribution in [3.05, 3.63) is 12.3 Å². The Morgan fingerprint density at radius 3 is 2.50 bits per heavy atom. The molecule has 0 aliphatic carbocycles. The molecule has 1 saturated heterocycles. The van der Waals surface area contributed by atoms with E-state index in [-0.39, 0.29) is 0 Å². The third-order valence-corrected chi connectivity index (χ3v) is 1.60. The van der Waals surface area contributed by atoms with Gasteiger partial charge in [-0.05, 0) is 0 Å². The fourth-order valence-corrected chi connectivity index (χ4v) is 0.739. The summed E-state index contributed by atoms with van der Waals surface area (Å²) in [7, 11) is 1.92. The zero-order valence-corrected chi connectivity index (χ0v) is 5.20. The van der Waals surface area contributed by atoms with Crippen molar-refractivity contribution < 1.29 is 0 Å². The van der Waals surface area contributed by atoms with Crippen molar-refractivity contribution >= 4 is 0 Å². The van der Waals surface area contributed by atoms with Crippen molar-refractivity contribution in [2.75, 3.05) is 20.1 Å². The quantitative estimate of drug-likeness (QED) is 0.523. The first kappa shape index (κ1) is 5.63. The second-order valence-corrected chi connectivity index (χ2v) is 2.13. The first-order valence-electron chi connectivity index (χ1n) is 2.92. The number of rotatable bonds is 2. The summed E-state index contributed by atoms with van der Waals surface area (Å²) in [6.07, 6.45) is 0. The molecule has 2 N–H and O–H groups in total. The number of nitrogens with one attached hydrogen (secondary N) is 2. The van der Waals surface area contributed by atoms with E-state index in [4.69, 9.17) is 0 Å². The molecule has 2 heteroatoms. The molecule has 1 fully saturated rings. The lowest BCUT2D eigenvalue weighted by Crippen LogP contribution is -2.44. The van der Waals surface area contributed by atoms with Gasteiger partial charge in [-0.1, -0.05) is 6.58 Å². The van der Waals surface area contributed by atoms with Crippen molar-refractivity contribution in [3.63, 3.8) is 0 Å². The van der Waals surface area contributed by atoms with Gasteiger partial charge in [-0.2, -0.15) is 0 Å². The lowest BCUT2D eigenvalue weighted by atomic mass is 10.0. The maximum atomic E-state index is 3.84. The van der Waals surface area contributed by atoms with Crippen molar-refractivity contribution in [1.29, 1.82) is 0 Å². The molecule has 1 rings (SSSR count). The first-order chi connectivity index (χ1) is 3.84. The summed E-state index contributed by atoms with van der Waals surface area (Å²) in [5.41, 5.74) is 1.16. The van der Waals surface area contributed by atoms with Crippen molar-refractivity contribution in [2.24, 2.45) is 5.92 Å². The number of hydrogen-bond donors (Lipinski definition) is 2. The summed E-state index contributed by atoms with van der Waals surface area (Å²) in [6.45, 7) is 6.04. The van der Waals surface area contributed by atoms with Crippen LogP contribution >= 0.6 is 0 Å². The summed E-state index contributed by atoms with van der Waals surface area (Å²) < 4.78 is 0. The van der Waals surface area contributed by atoms with Gasteiger partial charge in [0.15, 0.2) is 0 Å². The van der Waals surface area contributed by atoms with Gasteiger partial charge in [-0.25, -0.2) is 0 Å². The zero-order chi connectivity index (χ0) is 5.98. The molecule has 2 nitrogen and oxygen atoms in total. The Labute approximate surface area is 50.0 Å². The van der Waals surface area contributed by atoms with E-state index in [9.17, 15) is 0 Å². The maximum Gasteiger partial charge on any atom is 0.0230 e. The largest absolute Gasteiger partial charge is 0.392 e. The fourth-order valence-electron chi connectivity index (χ4n) is 0.739. The lowest BCUT2D eigenvalue weighted by molar-refractivity contribution is 0.386. The molecule has 0 radical (unpaired) electrons. The third-order valence-electron chi connectivity index (χ3n) is 1.60. The van der Waals surface area contributed by atoms with E-state index in [1.807, 2.05) is 7.05 Å². The molecule has 1 heterocycles. The molecule has 1 aliphatic heterocycles. The molecule has 0 saturated carbocycles. The van der Waals surface area contributed by atoms with Crippen molar-refractivity contribution in [3.8, 4) is 0 Å². The Morgan fingerprint density at radius 1 is 1.75 bits per heavy atom. The molecule has 0 aromatic heterocycles. The van der Waals surface area contributed by atoms with Crippen LogP contribution in [-0.2, 0) is 0 Å². The molecule has 46 valence electrons. The van der Waals surface area contributed by atoms with Crippen LogP contribution in [0.2, 0.25) is 0 Å². The Balaban J connectivity index is 2.24. The van der Waals surface area contributed by atoms with E-state index >= 15 is 0 Å². The molecule has 0 unspecified atom stereocenters. The Kier molecular flexibility index (Phi) is 1.53. The van der Waals surface area contributed by atoms with Gasteiger partial charge in [0.25, 0.3) is 0 Å². The summed E-state index contributed by atoms with van der Waals surface area (Å²) in [5.74, 6) is 0.681. The van der Waals surface area contributed by atoms with Gasteiger partial charge < -0.3 is 10.6 Å². The van der Waals surface area contributed by atoms with E-state index < -0.39 is 0 Å². The monoisotopic (exact) mass is 112 g/mol. The van der Waals surface area contributed by atoms with Gasteiger partial charge in [0.1, 0.15) is 0 Å². The molecule has 0 aromatic rings. The summed E-state index contributed by atoms with van der Waals surface area (Å²) in [4.78, 5) is 0. The van der Waals surface area contributed by atoms with Crippen molar-refractivity contribution in [1.82, 2.24) is 10.6 Å². The lowest BCUT2D eigenvalue weighted by Gasteiger charge is -2.28. The van der Waals surface area contributed by atoms with Gasteiger partial charge in [0, 0.05) is 31.8 Å². The molecule has 0 spiro atoms. The summed E-state index contributed by atoms with van der Waals surface area (Å²) >= 11 is 0. The highest BCUT2D eigenvalue weighted by Gasteiger charge is 2.18. The van der Waals surface area contributed by atoms with E-state index in [0.29, 0.717) is 5.92 Å². The molecule has 0 amide bonds. The molecule has 1 aliphatic rings. The van der Waals surface area contributed by atoms with Crippen LogP contribution in [0.4, 0.5) is 0 Å². The Morgan fingerprint density at radius 2 is 2.38 bits per heavy atom. The second kappa shape index (κ2) is 2.18. The second-order valence-electron chi connectivity index (χ2n) is 2.13. The fraction of sp³-hybridized carbons (Fsp3) is 0.667. The van der Waals surface area contributed by atoms with Crippen LogP contribution in [-0.4, -0.2) is 20.1 Å². The van der Waals surface area contributed by atoms with Gasteiger partial charge in [-0.15, -0.1) is 0 Å². The highest BCUT2D eigenvalue weighted by atomic mass is 15.0. The van der Waals surface area contributed by atoms with E-state index in [1.54, 1.807) is 0 Å². The minimum Gasteiger partial charge on any atom is -0.392 e. The SMILES string of the molecule is C=C(NC)C1CNC1. The van der Waals surface area contributed by atoms with E-state index in [0.717, 1.165) is 18.8 Å². The van der Waals surface area contributed by atoms with Gasteiger partial charge >= 0.3 is 0 Å². The summed E-state index contributed by atoms with van der Waals surface area (Å²) in [5, 5.41) is 6.21. The van der Waals surface area contributed by atoms with E-state index in [2.05, 4.69) is 17.2 Å². The maximum absolute atomic E-state index is 3.84. The van der Waals surface area contributed by atoms with E-state index in [1.165, 1.54) is 0 Å². The van der Waals surface area contributed by atoms with Crippen LogP contribution in [0.1, 0.15) is 0 Å². The van der Waals surface area contributed by atoms with Crippen LogP contribution in [0.25, 0.3) is 0 Å². The van der Waals surface area contributed by atoms with Crippen LogP contribution in [0.3, 0.4) is 0 Å². The predicted molar refractivity (Wildman–Crippen MR) is 34.6 cm³/mol. The van der Waals surface area contributed by atoms with Crippen LogP contribution in [0.5, 0.6) is 0 Å². The average molecular weight is 112 g/mol. The molecule has 0 bridgehead atoms. The van der Waals surface area contributed by atoms with Crippen molar-refractivity contribution in [2.45, 2.75) is 0 Å². The first-order valence-corrected chi connectivity index (χ1v) is 2.92. The minimum absolute atomic E-state index is 0.681. The van der Waals surface area contributed by atoms with Gasteiger partial charge in [0.2, 0.25) is 0 Å². The molecule has 0 aromatic carbocycles. The molecule has 0 atom stereocenters. The molecular weight excluding hydrogens is 100 g/mol. The van der Waals surface area contributed by atoms with Gasteiger partial charge in [0.05, 0.1) is 0 Å². The standard InChI is InChI=1S/C6H12N2/c1-5(7-2)6-3-8-4-6/h6-8H,1,3-4H2,2H3. The number of hydrogen-bond acceptors (Lipinski definition) is 2. The zero-order valence-electron chi connectivity index (χ0n) is 5.20. The third kappa shape index (κ3) is 0.842. The Hall–Kier alpha value is -0.500. The Bertz CT molecular complexity index is 94.7. The molecule has 8 heavy (non-hydrogen) atoms. The smallest absolute Gasteiger partial charge is 0.0230 e.